The van der Waals surface area contributed by atoms with Crippen LogP contribution in [0.5, 0.6) is 0 Å². The van der Waals surface area contributed by atoms with Crippen LogP contribution < -0.4 is 0 Å². The molecule has 40 valence electrons. The van der Waals surface area contributed by atoms with Gasteiger partial charge in [-0.1, -0.05) is 25.8 Å². The molecule has 0 bridgehead atoms. The van der Waals surface area contributed by atoms with E-state index in [2.05, 4.69) is 13.8 Å². The maximum atomic E-state index is 2.28. The van der Waals surface area contributed by atoms with Gasteiger partial charge in [0.15, 0.2) is 0 Å². The van der Waals surface area contributed by atoms with Crippen LogP contribution in [0.1, 0.15) is 20.3 Å². The van der Waals surface area contributed by atoms with Crippen molar-refractivity contribution in [1.29, 1.82) is 0 Å². The summed E-state index contributed by atoms with van der Waals surface area (Å²) in [4.78, 5) is 0. The van der Waals surface area contributed by atoms with Gasteiger partial charge in [-0.25, -0.2) is 0 Å². The fourth-order valence-corrected chi connectivity index (χ4v) is 0. The predicted octanol–water partition coefficient (Wildman–Crippen LogP) is 0.992. The van der Waals surface area contributed by atoms with E-state index < -0.39 is 0 Å². The van der Waals surface area contributed by atoms with Gasteiger partial charge in [-0.15, -0.1) is 12.4 Å². The van der Waals surface area contributed by atoms with E-state index in [0.717, 1.165) is 5.54 Å². The molecule has 0 nitrogen and oxygen atoms in total. The van der Waals surface area contributed by atoms with Crippen LogP contribution in [-0.2, 0) is 0 Å². The Balaban J connectivity index is 0. The molecule has 0 aliphatic heterocycles. The van der Waals surface area contributed by atoms with E-state index in [0.29, 0.717) is 0 Å². The zero-order chi connectivity index (χ0) is 4.28. The standard InChI is InChI=1S/C4H12Si.ClH/c1-3-4(2)5;/h4H,3H2,1-2,5H3;1H. The van der Waals surface area contributed by atoms with Crippen LogP contribution >= 0.6 is 12.4 Å². The van der Waals surface area contributed by atoms with Gasteiger partial charge < -0.3 is 0 Å². The highest BCUT2D eigenvalue weighted by atomic mass is 35.5. The molecule has 0 aromatic heterocycles. The minimum absolute atomic E-state index is 0. The van der Waals surface area contributed by atoms with E-state index in [-0.39, 0.29) is 12.4 Å². The molecule has 0 radical (unpaired) electrons. The molecule has 0 N–H and O–H groups in total. The lowest BCUT2D eigenvalue weighted by Crippen LogP contribution is -1.76. The molecule has 2 heteroatoms. The summed E-state index contributed by atoms with van der Waals surface area (Å²) in [5.74, 6) is 0. The van der Waals surface area contributed by atoms with Gasteiger partial charge in [0.25, 0.3) is 0 Å². The molecule has 1 atom stereocenters. The zero-order valence-electron chi connectivity index (χ0n) is 4.69. The van der Waals surface area contributed by atoms with Crippen molar-refractivity contribution in [2.24, 2.45) is 0 Å². The minimum Gasteiger partial charge on any atom is -0.147 e. The summed E-state index contributed by atoms with van der Waals surface area (Å²) in [5.41, 5.74) is 1.02. The molecule has 0 aliphatic rings. The molecule has 6 heavy (non-hydrogen) atoms. The van der Waals surface area contributed by atoms with Gasteiger partial charge in [0.2, 0.25) is 0 Å². The number of halogens is 1. The van der Waals surface area contributed by atoms with Crippen molar-refractivity contribution in [2.75, 3.05) is 0 Å². The normalized spacial score (nSPS) is 13.0. The molecule has 0 fully saturated rings. The Kier molecular flexibility index (Phi) is 8.92. The molecule has 0 rings (SSSR count). The number of hydrogen-bond acceptors (Lipinski definition) is 0. The van der Waals surface area contributed by atoms with Crippen LogP contribution in [0, 0.1) is 0 Å². The SMILES string of the molecule is CCC(C)[SiH3].Cl. The highest BCUT2D eigenvalue weighted by molar-refractivity contribution is 6.11. The fourth-order valence-electron chi connectivity index (χ4n) is 0. The van der Waals surface area contributed by atoms with Gasteiger partial charge in [0.05, 0.1) is 0 Å². The summed E-state index contributed by atoms with van der Waals surface area (Å²) in [5, 5.41) is 0. The summed E-state index contributed by atoms with van der Waals surface area (Å²) in [6.45, 7) is 4.52. The second-order valence-corrected chi connectivity index (χ2v) is 3.77. The average Bonchev–Trinajstić information content (AvgIpc) is 1.38. The van der Waals surface area contributed by atoms with Crippen LogP contribution in [0.4, 0.5) is 0 Å². The largest absolute Gasteiger partial charge is 0.147 e. The van der Waals surface area contributed by atoms with Crippen LogP contribution in [0.15, 0.2) is 0 Å². The van der Waals surface area contributed by atoms with Crippen LogP contribution in [0.3, 0.4) is 0 Å². The minimum atomic E-state index is 0. The summed E-state index contributed by atoms with van der Waals surface area (Å²) in [7, 11) is 1.37. The van der Waals surface area contributed by atoms with E-state index in [4.69, 9.17) is 0 Å². The quantitative estimate of drug-likeness (QED) is 0.458. The van der Waals surface area contributed by atoms with E-state index in [1.807, 2.05) is 0 Å². The molecule has 0 saturated carbocycles. The lowest BCUT2D eigenvalue weighted by atomic mass is 10.4. The average molecular weight is 125 g/mol. The Morgan fingerprint density at radius 2 is 1.83 bits per heavy atom. The predicted molar refractivity (Wildman–Crippen MR) is 36.9 cm³/mol. The van der Waals surface area contributed by atoms with Crippen molar-refractivity contribution in [1.82, 2.24) is 0 Å². The van der Waals surface area contributed by atoms with Gasteiger partial charge in [-0.05, 0) is 0 Å². The van der Waals surface area contributed by atoms with Gasteiger partial charge in [-0.2, -0.15) is 0 Å². The lowest BCUT2D eigenvalue weighted by Gasteiger charge is -1.90. The molecular formula is C4H13ClSi. The van der Waals surface area contributed by atoms with Crippen LogP contribution in [0.25, 0.3) is 0 Å². The van der Waals surface area contributed by atoms with Crippen molar-refractivity contribution >= 4 is 22.6 Å². The molecule has 0 aromatic rings. The van der Waals surface area contributed by atoms with Crippen molar-refractivity contribution in [3.05, 3.63) is 0 Å². The highest BCUT2D eigenvalue weighted by Crippen LogP contribution is 1.97. The Bertz CT molecular complexity index is 21.5. The molecule has 0 saturated heterocycles. The van der Waals surface area contributed by atoms with Crippen LogP contribution in [-0.4, -0.2) is 10.2 Å². The van der Waals surface area contributed by atoms with E-state index in [1.165, 1.54) is 16.7 Å². The van der Waals surface area contributed by atoms with Crippen molar-refractivity contribution in [3.63, 3.8) is 0 Å². The Morgan fingerprint density at radius 1 is 1.67 bits per heavy atom. The van der Waals surface area contributed by atoms with Gasteiger partial charge in [-0.3, -0.25) is 0 Å². The monoisotopic (exact) mass is 124 g/mol. The van der Waals surface area contributed by atoms with Crippen LogP contribution in [0.2, 0.25) is 5.54 Å². The van der Waals surface area contributed by atoms with Crippen molar-refractivity contribution < 1.29 is 0 Å². The zero-order valence-corrected chi connectivity index (χ0v) is 7.51. The topological polar surface area (TPSA) is 0 Å². The third-order valence-corrected chi connectivity index (χ3v) is 1.63. The lowest BCUT2D eigenvalue weighted by molar-refractivity contribution is 0.880. The maximum Gasteiger partial charge on any atom is 0.00636 e. The van der Waals surface area contributed by atoms with E-state index >= 15 is 0 Å². The second-order valence-electron chi connectivity index (χ2n) is 1.80. The van der Waals surface area contributed by atoms with Gasteiger partial charge >= 0.3 is 0 Å². The maximum absolute atomic E-state index is 2.28. The third kappa shape index (κ3) is 8.82. The molecule has 0 aliphatic carbocycles. The molecular weight excluding hydrogens is 112 g/mol. The molecule has 0 spiro atoms. The number of hydrogen-bond donors (Lipinski definition) is 0. The Labute approximate surface area is 49.2 Å². The second kappa shape index (κ2) is 5.51. The first-order valence-electron chi connectivity index (χ1n) is 2.27. The van der Waals surface area contributed by atoms with E-state index in [1.54, 1.807) is 0 Å². The number of rotatable bonds is 1. The molecule has 0 amide bonds. The van der Waals surface area contributed by atoms with Crippen molar-refractivity contribution in [2.45, 2.75) is 25.8 Å². The summed E-state index contributed by atoms with van der Waals surface area (Å²) in [6, 6.07) is 0. The van der Waals surface area contributed by atoms with E-state index in [9.17, 15) is 0 Å². The first kappa shape index (κ1) is 9.71. The smallest absolute Gasteiger partial charge is 0.00636 e. The summed E-state index contributed by atoms with van der Waals surface area (Å²) < 4.78 is 0. The summed E-state index contributed by atoms with van der Waals surface area (Å²) in [6.07, 6.45) is 1.37. The first-order chi connectivity index (χ1) is 2.27. The Hall–Kier alpha value is 0.507. The van der Waals surface area contributed by atoms with Gasteiger partial charge in [0, 0.05) is 10.2 Å². The first-order valence-corrected chi connectivity index (χ1v) is 3.42. The fraction of sp³-hybridized carbons (Fsp3) is 1.00. The third-order valence-electron chi connectivity index (χ3n) is 0.816. The van der Waals surface area contributed by atoms with Gasteiger partial charge in [0.1, 0.15) is 0 Å². The highest BCUT2D eigenvalue weighted by Gasteiger charge is 1.80. The van der Waals surface area contributed by atoms with Crippen molar-refractivity contribution in [3.8, 4) is 0 Å². The molecule has 0 heterocycles. The summed E-state index contributed by atoms with van der Waals surface area (Å²) >= 11 is 0. The molecule has 0 aromatic carbocycles. The molecule has 1 unspecified atom stereocenters. The Morgan fingerprint density at radius 3 is 1.83 bits per heavy atom.